The summed E-state index contributed by atoms with van der Waals surface area (Å²) in [5.74, 6) is -1.14. The van der Waals surface area contributed by atoms with Crippen LogP contribution in [-0.2, 0) is 14.3 Å². The predicted octanol–water partition coefficient (Wildman–Crippen LogP) is 4.12. The fourth-order valence-corrected chi connectivity index (χ4v) is 6.24. The standard InChI is InChI=1S/C28H32N2O5/c1-28(2,26(33)30-13-17-11-12-18(14-30)24(17)25(31)32)16-29-27(34)35-15-23-21-9-5-3-7-19(21)20-8-4-6-10-22(20)23/h3-10,17-18,23-24H,11-16H2,1-2H3,(H,29,34)(H,31,32). The highest BCUT2D eigenvalue weighted by atomic mass is 16.5. The molecule has 7 heteroatoms. The van der Waals surface area contributed by atoms with Gasteiger partial charge in [-0.05, 0) is 60.8 Å². The number of nitrogens with zero attached hydrogens (tertiary/aromatic N) is 1. The quantitative estimate of drug-likeness (QED) is 0.654. The van der Waals surface area contributed by atoms with Gasteiger partial charge in [0.15, 0.2) is 0 Å². The normalized spacial score (nSPS) is 22.9. The number of alkyl carbamates (subject to hydrolysis) is 1. The number of piperidine rings is 1. The van der Waals surface area contributed by atoms with E-state index in [2.05, 4.69) is 29.6 Å². The van der Waals surface area contributed by atoms with Crippen LogP contribution < -0.4 is 5.32 Å². The zero-order valence-electron chi connectivity index (χ0n) is 20.2. The second-order valence-electron chi connectivity index (χ2n) is 10.7. The summed E-state index contributed by atoms with van der Waals surface area (Å²) < 4.78 is 5.60. The van der Waals surface area contributed by atoms with Gasteiger partial charge in [0.25, 0.3) is 0 Å². The van der Waals surface area contributed by atoms with Gasteiger partial charge in [-0.2, -0.15) is 0 Å². The van der Waals surface area contributed by atoms with E-state index in [9.17, 15) is 19.5 Å². The first kappa shape index (κ1) is 23.4. The molecule has 184 valence electrons. The number of benzene rings is 2. The molecule has 5 rings (SSSR count). The second kappa shape index (κ2) is 9.02. The number of amides is 2. The lowest BCUT2D eigenvalue weighted by Crippen LogP contribution is -2.53. The number of hydrogen-bond acceptors (Lipinski definition) is 4. The third kappa shape index (κ3) is 4.28. The third-order valence-corrected chi connectivity index (χ3v) is 8.00. The molecular weight excluding hydrogens is 444 g/mol. The number of carboxylic acid groups (broad SMARTS) is 1. The number of hydrogen-bond donors (Lipinski definition) is 2. The van der Waals surface area contributed by atoms with E-state index in [0.717, 1.165) is 24.0 Å². The number of carboxylic acids is 1. The lowest BCUT2D eigenvalue weighted by Gasteiger charge is -2.39. The van der Waals surface area contributed by atoms with Crippen molar-refractivity contribution in [2.24, 2.45) is 23.2 Å². The Kier molecular flexibility index (Phi) is 6.03. The number of rotatable bonds is 6. The van der Waals surface area contributed by atoms with Crippen LogP contribution in [0.1, 0.15) is 43.7 Å². The Morgan fingerprint density at radius 1 is 0.971 bits per heavy atom. The Morgan fingerprint density at radius 2 is 1.51 bits per heavy atom. The van der Waals surface area contributed by atoms with Crippen LogP contribution in [0.25, 0.3) is 11.1 Å². The van der Waals surface area contributed by atoms with E-state index in [1.807, 2.05) is 38.1 Å². The molecule has 3 aliphatic rings. The monoisotopic (exact) mass is 476 g/mol. The fourth-order valence-electron chi connectivity index (χ4n) is 6.24. The Bertz CT molecular complexity index is 1100. The average molecular weight is 477 g/mol. The van der Waals surface area contributed by atoms with E-state index in [0.29, 0.717) is 13.1 Å². The number of aliphatic carboxylic acids is 1. The molecule has 0 spiro atoms. The molecule has 2 N–H and O–H groups in total. The van der Waals surface area contributed by atoms with E-state index in [1.165, 1.54) is 11.1 Å². The summed E-state index contributed by atoms with van der Waals surface area (Å²) in [4.78, 5) is 39.2. The van der Waals surface area contributed by atoms with Crippen molar-refractivity contribution in [2.45, 2.75) is 32.6 Å². The first-order valence-corrected chi connectivity index (χ1v) is 12.4. The molecule has 7 nitrogen and oxygen atoms in total. The summed E-state index contributed by atoms with van der Waals surface area (Å²) in [7, 11) is 0. The highest BCUT2D eigenvalue weighted by molar-refractivity contribution is 5.84. The van der Waals surface area contributed by atoms with Crippen LogP contribution in [0.5, 0.6) is 0 Å². The summed E-state index contributed by atoms with van der Waals surface area (Å²) in [5, 5.41) is 12.3. The van der Waals surface area contributed by atoms with Gasteiger partial charge >= 0.3 is 12.1 Å². The van der Waals surface area contributed by atoms with Crippen LogP contribution >= 0.6 is 0 Å². The highest BCUT2D eigenvalue weighted by Gasteiger charge is 2.48. The maximum atomic E-state index is 13.3. The summed E-state index contributed by atoms with van der Waals surface area (Å²) in [5.41, 5.74) is 3.82. The molecule has 2 atom stereocenters. The maximum Gasteiger partial charge on any atom is 0.407 e. The average Bonchev–Trinajstić information content (AvgIpc) is 3.32. The number of carbonyl (C=O) groups is 3. The number of nitrogens with one attached hydrogen (secondary N) is 1. The minimum Gasteiger partial charge on any atom is -0.481 e. The minimum absolute atomic E-state index is 0.0149. The lowest BCUT2D eigenvalue weighted by atomic mass is 9.83. The molecule has 2 aliphatic carbocycles. The smallest absolute Gasteiger partial charge is 0.407 e. The molecule has 0 radical (unpaired) electrons. The van der Waals surface area contributed by atoms with E-state index in [1.54, 1.807) is 4.90 Å². The topological polar surface area (TPSA) is 95.9 Å². The van der Waals surface area contributed by atoms with Gasteiger partial charge in [0.05, 0.1) is 11.3 Å². The van der Waals surface area contributed by atoms with E-state index < -0.39 is 17.5 Å². The van der Waals surface area contributed by atoms with Crippen molar-refractivity contribution >= 4 is 18.0 Å². The molecule has 1 saturated carbocycles. The number of likely N-dealkylation sites (tertiary alicyclic amines) is 1. The molecular formula is C28H32N2O5. The van der Waals surface area contributed by atoms with Crippen LogP contribution in [0.15, 0.2) is 48.5 Å². The number of fused-ring (bicyclic) bond motifs is 5. The van der Waals surface area contributed by atoms with Crippen molar-refractivity contribution in [1.29, 1.82) is 0 Å². The molecule has 35 heavy (non-hydrogen) atoms. The van der Waals surface area contributed by atoms with Gasteiger partial charge in [-0.3, -0.25) is 9.59 Å². The van der Waals surface area contributed by atoms with Crippen molar-refractivity contribution in [3.8, 4) is 11.1 Å². The van der Waals surface area contributed by atoms with Crippen LogP contribution in [0.3, 0.4) is 0 Å². The summed E-state index contributed by atoms with van der Waals surface area (Å²) in [6.45, 7) is 4.94. The maximum absolute atomic E-state index is 13.3. The van der Waals surface area contributed by atoms with Gasteiger partial charge in [0, 0.05) is 25.6 Å². The predicted molar refractivity (Wildman–Crippen MR) is 131 cm³/mol. The van der Waals surface area contributed by atoms with Gasteiger partial charge < -0.3 is 20.1 Å². The Balaban J connectivity index is 1.17. The van der Waals surface area contributed by atoms with Crippen molar-refractivity contribution in [2.75, 3.05) is 26.2 Å². The van der Waals surface area contributed by atoms with Crippen LogP contribution in [0, 0.1) is 23.2 Å². The third-order valence-electron chi connectivity index (χ3n) is 8.00. The number of ether oxygens (including phenoxy) is 1. The zero-order chi connectivity index (χ0) is 24.7. The van der Waals surface area contributed by atoms with E-state index in [-0.39, 0.29) is 42.7 Å². The van der Waals surface area contributed by atoms with Gasteiger partial charge in [0.1, 0.15) is 6.61 Å². The SMILES string of the molecule is CC(C)(CNC(=O)OCC1c2ccccc2-c2ccccc21)C(=O)N1CC2CCC(C1)C2C(=O)O. The van der Waals surface area contributed by atoms with Gasteiger partial charge in [-0.25, -0.2) is 4.79 Å². The molecule has 2 amide bonds. The first-order valence-electron chi connectivity index (χ1n) is 12.4. The van der Waals surface area contributed by atoms with E-state index >= 15 is 0 Å². The Morgan fingerprint density at radius 3 is 2.06 bits per heavy atom. The summed E-state index contributed by atoms with van der Waals surface area (Å²) in [6, 6.07) is 16.4. The minimum atomic E-state index is -0.818. The van der Waals surface area contributed by atoms with E-state index in [4.69, 9.17) is 4.74 Å². The molecule has 2 aromatic rings. The zero-order valence-corrected chi connectivity index (χ0v) is 20.2. The van der Waals surface area contributed by atoms with Crippen molar-refractivity contribution < 1.29 is 24.2 Å². The van der Waals surface area contributed by atoms with Crippen LogP contribution in [-0.4, -0.2) is 54.2 Å². The van der Waals surface area contributed by atoms with Gasteiger partial charge in [-0.15, -0.1) is 0 Å². The highest BCUT2D eigenvalue weighted by Crippen LogP contribution is 2.45. The molecule has 0 aromatic heterocycles. The van der Waals surface area contributed by atoms with Crippen LogP contribution in [0.4, 0.5) is 4.79 Å². The van der Waals surface area contributed by atoms with Crippen LogP contribution in [0.2, 0.25) is 0 Å². The molecule has 1 heterocycles. The molecule has 2 fully saturated rings. The number of carbonyl (C=O) groups excluding carboxylic acids is 2. The molecule has 2 bridgehead atoms. The largest absolute Gasteiger partial charge is 0.481 e. The lowest BCUT2D eigenvalue weighted by molar-refractivity contribution is -0.152. The van der Waals surface area contributed by atoms with Gasteiger partial charge in [0.2, 0.25) is 5.91 Å². The molecule has 1 saturated heterocycles. The fraction of sp³-hybridized carbons (Fsp3) is 0.464. The van der Waals surface area contributed by atoms with Crippen molar-refractivity contribution in [3.63, 3.8) is 0 Å². The van der Waals surface area contributed by atoms with Crippen molar-refractivity contribution in [3.05, 3.63) is 59.7 Å². The Hall–Kier alpha value is -3.35. The Labute approximate surface area is 205 Å². The van der Waals surface area contributed by atoms with Crippen molar-refractivity contribution in [1.82, 2.24) is 10.2 Å². The van der Waals surface area contributed by atoms with Gasteiger partial charge in [-0.1, -0.05) is 48.5 Å². The second-order valence-corrected chi connectivity index (χ2v) is 10.7. The molecule has 1 aliphatic heterocycles. The summed E-state index contributed by atoms with van der Waals surface area (Å²) in [6.07, 6.45) is 1.16. The molecule has 2 aromatic carbocycles. The first-order chi connectivity index (χ1) is 16.8. The summed E-state index contributed by atoms with van der Waals surface area (Å²) >= 11 is 0. The molecule has 2 unspecified atom stereocenters.